The van der Waals surface area contributed by atoms with Crippen LogP contribution >= 0.6 is 0 Å². The van der Waals surface area contributed by atoms with E-state index < -0.39 is 6.61 Å². The third-order valence-corrected chi connectivity index (χ3v) is 4.00. The molecule has 2 N–H and O–H groups in total. The summed E-state index contributed by atoms with van der Waals surface area (Å²) in [5, 5.41) is 3.50. The number of nitrogens with zero attached hydrogens (tertiary/aromatic N) is 2. The van der Waals surface area contributed by atoms with Crippen LogP contribution in [-0.4, -0.2) is 27.5 Å². The van der Waals surface area contributed by atoms with Gasteiger partial charge in [-0.3, -0.25) is 4.79 Å². The zero-order chi connectivity index (χ0) is 17.4. The highest BCUT2D eigenvalue weighted by molar-refractivity contribution is 5.98. The van der Waals surface area contributed by atoms with Gasteiger partial charge in [-0.2, -0.15) is 8.78 Å². The molecule has 1 fully saturated rings. The number of amides is 1. The minimum atomic E-state index is -2.96. The molecule has 1 amide bonds. The minimum absolute atomic E-state index is 0.0292. The first-order valence-electron chi connectivity index (χ1n) is 7.81. The number of aromatic nitrogens is 3. The van der Waals surface area contributed by atoms with Crippen LogP contribution in [0.4, 0.5) is 14.6 Å². The monoisotopic (exact) mass is 344 g/mol. The van der Waals surface area contributed by atoms with E-state index in [1.807, 2.05) is 0 Å². The summed E-state index contributed by atoms with van der Waals surface area (Å²) in [7, 11) is 0. The van der Waals surface area contributed by atoms with Crippen molar-refractivity contribution >= 4 is 22.8 Å². The molecule has 3 aromatic heterocycles. The fourth-order valence-corrected chi connectivity index (χ4v) is 2.65. The molecule has 0 aromatic carbocycles. The largest absolute Gasteiger partial charge is 0.416 e. The lowest BCUT2D eigenvalue weighted by molar-refractivity contribution is -0.117. The third-order valence-electron chi connectivity index (χ3n) is 4.00. The van der Waals surface area contributed by atoms with E-state index in [1.165, 1.54) is 6.20 Å². The Hall–Kier alpha value is -3.03. The highest BCUT2D eigenvalue weighted by Crippen LogP contribution is 2.35. The van der Waals surface area contributed by atoms with Crippen LogP contribution in [-0.2, 0) is 4.79 Å². The number of halogens is 2. The number of hydrogen-bond donors (Lipinski definition) is 2. The van der Waals surface area contributed by atoms with E-state index in [4.69, 9.17) is 0 Å². The van der Waals surface area contributed by atoms with Gasteiger partial charge in [0.1, 0.15) is 11.5 Å². The Bertz CT molecular complexity index is 937. The van der Waals surface area contributed by atoms with Crippen molar-refractivity contribution in [1.29, 1.82) is 0 Å². The second-order valence-corrected chi connectivity index (χ2v) is 5.79. The van der Waals surface area contributed by atoms with Crippen molar-refractivity contribution in [3.63, 3.8) is 0 Å². The third kappa shape index (κ3) is 3.15. The topological polar surface area (TPSA) is 79.9 Å². The number of carbonyl (C=O) groups excluding carboxylic acids is 1. The summed E-state index contributed by atoms with van der Waals surface area (Å²) in [6.45, 7) is -2.96. The maximum atomic E-state index is 12.6. The van der Waals surface area contributed by atoms with Crippen molar-refractivity contribution < 1.29 is 18.3 Å². The number of nitrogens with one attached hydrogen (secondary N) is 2. The Morgan fingerprint density at radius 3 is 2.88 bits per heavy atom. The predicted molar refractivity (Wildman–Crippen MR) is 87.3 cm³/mol. The summed E-state index contributed by atoms with van der Waals surface area (Å²) < 4.78 is 29.6. The molecule has 0 radical (unpaired) electrons. The lowest BCUT2D eigenvalue weighted by atomic mass is 10.1. The highest BCUT2D eigenvalue weighted by atomic mass is 19.3. The molecule has 3 heterocycles. The Balaban J connectivity index is 1.68. The average Bonchev–Trinajstić information content (AvgIpc) is 3.36. The Kier molecular flexibility index (Phi) is 3.79. The molecule has 0 bridgehead atoms. The van der Waals surface area contributed by atoms with Crippen molar-refractivity contribution in [2.75, 3.05) is 5.32 Å². The van der Waals surface area contributed by atoms with Crippen LogP contribution in [0.1, 0.15) is 12.8 Å². The molecule has 0 saturated heterocycles. The van der Waals surface area contributed by atoms with Crippen LogP contribution in [0, 0.1) is 5.92 Å². The molecular formula is C17H14F2N4O2. The number of ether oxygens (including phenoxy) is 1. The van der Waals surface area contributed by atoms with Gasteiger partial charge in [0.15, 0.2) is 0 Å². The molecule has 3 aromatic rings. The fourth-order valence-electron chi connectivity index (χ4n) is 2.65. The van der Waals surface area contributed by atoms with Crippen LogP contribution in [0.3, 0.4) is 0 Å². The molecule has 1 saturated carbocycles. The molecule has 0 aliphatic heterocycles. The summed E-state index contributed by atoms with van der Waals surface area (Å²) in [6.07, 6.45) is 4.86. The smallest absolute Gasteiger partial charge is 0.388 e. The van der Waals surface area contributed by atoms with Gasteiger partial charge in [0, 0.05) is 34.8 Å². The molecule has 1 aliphatic rings. The SMILES string of the molecule is O=C(Nc1ccc2c(-c3cccnc3OC(F)F)c[nH]c2n1)C1CC1. The number of fused-ring (bicyclic) bond motifs is 1. The summed E-state index contributed by atoms with van der Waals surface area (Å²) in [5.74, 6) is 0.359. The van der Waals surface area contributed by atoms with Crippen molar-refractivity contribution in [3.05, 3.63) is 36.7 Å². The van der Waals surface area contributed by atoms with Gasteiger partial charge in [-0.1, -0.05) is 0 Å². The molecule has 4 rings (SSSR count). The van der Waals surface area contributed by atoms with E-state index in [0.717, 1.165) is 18.2 Å². The molecule has 0 atom stereocenters. The first-order chi connectivity index (χ1) is 12.1. The minimum Gasteiger partial charge on any atom is -0.416 e. The maximum absolute atomic E-state index is 12.6. The predicted octanol–water partition coefficient (Wildman–Crippen LogP) is 3.57. The van der Waals surface area contributed by atoms with E-state index in [9.17, 15) is 13.6 Å². The van der Waals surface area contributed by atoms with Gasteiger partial charge in [0.25, 0.3) is 0 Å². The van der Waals surface area contributed by atoms with Crippen molar-refractivity contribution in [2.24, 2.45) is 5.92 Å². The van der Waals surface area contributed by atoms with Crippen LogP contribution in [0.5, 0.6) is 5.88 Å². The second kappa shape index (κ2) is 6.12. The first-order valence-corrected chi connectivity index (χ1v) is 7.81. The number of anilines is 1. The lowest BCUT2D eigenvalue weighted by Gasteiger charge is -2.08. The van der Waals surface area contributed by atoms with E-state index in [0.29, 0.717) is 22.6 Å². The summed E-state index contributed by atoms with van der Waals surface area (Å²) in [6, 6.07) is 6.75. The van der Waals surface area contributed by atoms with Crippen LogP contribution in [0.2, 0.25) is 0 Å². The summed E-state index contributed by atoms with van der Waals surface area (Å²) >= 11 is 0. The number of alkyl halides is 2. The quantitative estimate of drug-likeness (QED) is 0.741. The molecule has 1 aliphatic carbocycles. The number of hydrogen-bond acceptors (Lipinski definition) is 4. The normalized spacial score (nSPS) is 14.0. The molecule has 25 heavy (non-hydrogen) atoms. The zero-order valence-corrected chi connectivity index (χ0v) is 13.0. The molecular weight excluding hydrogens is 330 g/mol. The van der Waals surface area contributed by atoms with Crippen molar-refractivity contribution in [3.8, 4) is 17.0 Å². The fraction of sp³-hybridized carbons (Fsp3) is 0.235. The second-order valence-electron chi connectivity index (χ2n) is 5.79. The summed E-state index contributed by atoms with van der Waals surface area (Å²) in [5.41, 5.74) is 1.62. The van der Waals surface area contributed by atoms with Crippen molar-refractivity contribution in [2.45, 2.75) is 19.5 Å². The lowest BCUT2D eigenvalue weighted by Crippen LogP contribution is -2.14. The number of H-pyrrole nitrogens is 1. The Labute approximate surface area is 141 Å². The number of carbonyl (C=O) groups is 1. The molecule has 8 heteroatoms. The van der Waals surface area contributed by atoms with Gasteiger partial charge in [-0.15, -0.1) is 0 Å². The number of pyridine rings is 2. The van der Waals surface area contributed by atoms with Crippen LogP contribution < -0.4 is 10.1 Å². The van der Waals surface area contributed by atoms with E-state index in [-0.39, 0.29) is 17.7 Å². The van der Waals surface area contributed by atoms with Gasteiger partial charge in [-0.05, 0) is 37.1 Å². The number of aromatic amines is 1. The van der Waals surface area contributed by atoms with Gasteiger partial charge in [0.05, 0.1) is 0 Å². The van der Waals surface area contributed by atoms with E-state index in [2.05, 4.69) is 25.0 Å². The van der Waals surface area contributed by atoms with Crippen molar-refractivity contribution in [1.82, 2.24) is 15.0 Å². The molecule has 0 unspecified atom stereocenters. The molecule has 6 nitrogen and oxygen atoms in total. The van der Waals surface area contributed by atoms with Crippen LogP contribution in [0.15, 0.2) is 36.7 Å². The first kappa shape index (κ1) is 15.5. The Morgan fingerprint density at radius 1 is 1.28 bits per heavy atom. The average molecular weight is 344 g/mol. The number of rotatable bonds is 5. The van der Waals surface area contributed by atoms with Gasteiger partial charge >= 0.3 is 6.61 Å². The maximum Gasteiger partial charge on any atom is 0.388 e. The van der Waals surface area contributed by atoms with Gasteiger partial charge in [-0.25, -0.2) is 9.97 Å². The van der Waals surface area contributed by atoms with E-state index in [1.54, 1.807) is 30.5 Å². The zero-order valence-electron chi connectivity index (χ0n) is 13.0. The Morgan fingerprint density at radius 2 is 2.12 bits per heavy atom. The highest BCUT2D eigenvalue weighted by Gasteiger charge is 2.29. The standard InChI is InChI=1S/C17H14F2N4O2/c18-17(19)25-16-11(2-1-7-20-16)12-8-21-14-10(12)5-6-13(22-14)23-15(24)9-3-4-9/h1-2,5-9,17H,3-4H2,(H2,21,22,23,24). The van der Waals surface area contributed by atoms with Crippen LogP contribution in [0.25, 0.3) is 22.2 Å². The molecule has 0 spiro atoms. The van der Waals surface area contributed by atoms with E-state index >= 15 is 0 Å². The van der Waals surface area contributed by atoms with Gasteiger partial charge < -0.3 is 15.0 Å². The van der Waals surface area contributed by atoms with Gasteiger partial charge in [0.2, 0.25) is 11.8 Å². The molecule has 128 valence electrons. The summed E-state index contributed by atoms with van der Waals surface area (Å²) in [4.78, 5) is 23.1.